The van der Waals surface area contributed by atoms with Gasteiger partial charge in [-0.15, -0.1) is 0 Å². The molecule has 0 aromatic heterocycles. The van der Waals surface area contributed by atoms with Crippen LogP contribution in [0.4, 0.5) is 0 Å². The second-order valence-corrected chi connectivity index (χ2v) is 7.74. The van der Waals surface area contributed by atoms with E-state index in [0.29, 0.717) is 11.8 Å². The van der Waals surface area contributed by atoms with Crippen LogP contribution in [0.3, 0.4) is 0 Å². The highest BCUT2D eigenvalue weighted by Gasteiger charge is 2.72. The number of hydrogen-bond donors (Lipinski definition) is 2. The van der Waals surface area contributed by atoms with E-state index in [1.54, 1.807) is 0 Å². The van der Waals surface area contributed by atoms with Gasteiger partial charge in [-0.05, 0) is 48.9 Å². The Balaban J connectivity index is 2.14. The third-order valence-corrected chi connectivity index (χ3v) is 7.01. The van der Waals surface area contributed by atoms with E-state index < -0.39 is 5.60 Å². The lowest BCUT2D eigenvalue weighted by Crippen LogP contribution is -2.74. The first-order chi connectivity index (χ1) is 7.74. The molecule has 0 radical (unpaired) electrons. The molecule has 0 unspecified atom stereocenters. The second kappa shape index (κ2) is 3.08. The molecule has 0 saturated heterocycles. The zero-order valence-electron chi connectivity index (χ0n) is 11.5. The molecule has 6 atom stereocenters. The molecular weight excluding hydrogens is 212 g/mol. The quantitative estimate of drug-likeness (QED) is 0.681. The highest BCUT2D eigenvalue weighted by Crippen LogP contribution is 2.71. The molecule has 2 N–H and O–H groups in total. The Bertz CT molecular complexity index is 351. The van der Waals surface area contributed by atoms with Crippen molar-refractivity contribution in [1.29, 1.82) is 0 Å². The maximum absolute atomic E-state index is 11.3. The van der Waals surface area contributed by atoms with Crippen molar-refractivity contribution < 1.29 is 10.2 Å². The topological polar surface area (TPSA) is 40.5 Å². The number of rotatable bonds is 0. The fraction of sp³-hybridized carbons (Fsp3) is 1.00. The molecule has 98 valence electrons. The summed E-state index contributed by atoms with van der Waals surface area (Å²) in [6, 6.07) is 0. The second-order valence-electron chi connectivity index (χ2n) is 7.74. The molecule has 4 aliphatic rings. The van der Waals surface area contributed by atoms with Crippen LogP contribution in [0.2, 0.25) is 0 Å². The van der Waals surface area contributed by atoms with Crippen molar-refractivity contribution >= 4 is 0 Å². The molecule has 4 rings (SSSR count). The van der Waals surface area contributed by atoms with Gasteiger partial charge in [0.1, 0.15) is 0 Å². The van der Waals surface area contributed by atoms with Crippen LogP contribution in [-0.2, 0) is 0 Å². The number of hydrogen-bond acceptors (Lipinski definition) is 2. The monoisotopic (exact) mass is 238 g/mol. The van der Waals surface area contributed by atoms with Crippen LogP contribution in [0.15, 0.2) is 0 Å². The van der Waals surface area contributed by atoms with Crippen molar-refractivity contribution in [3.05, 3.63) is 0 Å². The van der Waals surface area contributed by atoms with E-state index >= 15 is 0 Å². The Hall–Kier alpha value is -0.0800. The Morgan fingerprint density at radius 3 is 2.41 bits per heavy atom. The molecule has 2 heteroatoms. The predicted molar refractivity (Wildman–Crippen MR) is 67.5 cm³/mol. The first kappa shape index (κ1) is 12.0. The summed E-state index contributed by atoms with van der Waals surface area (Å²) in [6.07, 6.45) is 3.75. The minimum Gasteiger partial charge on any atom is -0.393 e. The predicted octanol–water partition coefficient (Wildman–Crippen LogP) is 2.58. The van der Waals surface area contributed by atoms with Crippen molar-refractivity contribution in [3.8, 4) is 0 Å². The summed E-state index contributed by atoms with van der Waals surface area (Å²) in [4.78, 5) is 0. The number of aliphatic hydroxyl groups excluding tert-OH is 1. The van der Waals surface area contributed by atoms with E-state index in [-0.39, 0.29) is 22.9 Å². The maximum Gasteiger partial charge on any atom is 0.0759 e. The van der Waals surface area contributed by atoms with E-state index in [4.69, 9.17) is 0 Å². The molecule has 2 nitrogen and oxygen atoms in total. The molecule has 4 aliphatic carbocycles. The average molecular weight is 238 g/mol. The van der Waals surface area contributed by atoms with Gasteiger partial charge in [0.05, 0.1) is 11.7 Å². The Morgan fingerprint density at radius 1 is 1.12 bits per heavy atom. The lowest BCUT2D eigenvalue weighted by molar-refractivity contribution is -0.315. The molecule has 0 amide bonds. The van der Waals surface area contributed by atoms with Crippen molar-refractivity contribution in [1.82, 2.24) is 0 Å². The van der Waals surface area contributed by atoms with Crippen molar-refractivity contribution in [3.63, 3.8) is 0 Å². The molecule has 0 heterocycles. The minimum absolute atomic E-state index is 0.0810. The highest BCUT2D eigenvalue weighted by molar-refractivity contribution is 5.21. The van der Waals surface area contributed by atoms with Crippen LogP contribution in [-0.4, -0.2) is 21.9 Å². The molecule has 17 heavy (non-hydrogen) atoms. The van der Waals surface area contributed by atoms with Gasteiger partial charge in [-0.2, -0.15) is 0 Å². The smallest absolute Gasteiger partial charge is 0.0759 e. The average Bonchev–Trinajstić information content (AvgIpc) is 2.21. The molecule has 0 spiro atoms. The normalized spacial score (nSPS) is 60.4. The molecule has 0 aromatic carbocycles. The number of fused-ring (bicyclic) bond motifs is 1. The summed E-state index contributed by atoms with van der Waals surface area (Å²) in [5.74, 6) is 1.58. The van der Waals surface area contributed by atoms with Crippen LogP contribution >= 0.6 is 0 Å². The molecule has 4 bridgehead atoms. The van der Waals surface area contributed by atoms with Crippen LogP contribution in [0.1, 0.15) is 53.4 Å². The fourth-order valence-electron chi connectivity index (χ4n) is 5.82. The zero-order valence-corrected chi connectivity index (χ0v) is 11.5. The summed E-state index contributed by atoms with van der Waals surface area (Å²) in [5.41, 5.74) is -0.794. The third-order valence-electron chi connectivity index (χ3n) is 7.01. The van der Waals surface area contributed by atoms with Gasteiger partial charge in [-0.25, -0.2) is 0 Å². The van der Waals surface area contributed by atoms with E-state index in [0.717, 1.165) is 25.7 Å². The van der Waals surface area contributed by atoms with Crippen molar-refractivity contribution in [2.45, 2.75) is 65.1 Å². The van der Waals surface area contributed by atoms with Crippen LogP contribution in [0.25, 0.3) is 0 Å². The van der Waals surface area contributed by atoms with Crippen molar-refractivity contribution in [2.75, 3.05) is 0 Å². The molecule has 4 fully saturated rings. The first-order valence-electron chi connectivity index (χ1n) is 7.14. The number of aliphatic hydroxyl groups is 2. The van der Waals surface area contributed by atoms with E-state index in [1.165, 1.54) is 0 Å². The van der Waals surface area contributed by atoms with Gasteiger partial charge >= 0.3 is 0 Å². The zero-order chi connectivity index (χ0) is 12.6. The largest absolute Gasteiger partial charge is 0.393 e. The van der Waals surface area contributed by atoms with E-state index in [9.17, 15) is 10.2 Å². The summed E-state index contributed by atoms with van der Waals surface area (Å²) in [6.45, 7) is 8.90. The Morgan fingerprint density at radius 2 is 1.76 bits per heavy atom. The van der Waals surface area contributed by atoms with Gasteiger partial charge in [0.25, 0.3) is 0 Å². The molecule has 0 aromatic rings. The van der Waals surface area contributed by atoms with E-state index in [1.807, 2.05) is 0 Å². The lowest BCUT2D eigenvalue weighted by atomic mass is 9.35. The van der Waals surface area contributed by atoms with Crippen LogP contribution in [0.5, 0.6) is 0 Å². The SMILES string of the molecule is C[C@H]1CC[C@]2(O)C(C)(C)[C@H]3C[C@@H]1[C@]2(C)C[C@@H]3O. The molecular formula is C15H26O2. The van der Waals surface area contributed by atoms with Gasteiger partial charge in [0.15, 0.2) is 0 Å². The lowest BCUT2D eigenvalue weighted by Gasteiger charge is -2.72. The summed E-state index contributed by atoms with van der Waals surface area (Å²) < 4.78 is 0. The molecule has 4 saturated carbocycles. The maximum atomic E-state index is 11.3. The summed E-state index contributed by atoms with van der Waals surface area (Å²) in [5, 5.41) is 21.6. The van der Waals surface area contributed by atoms with Gasteiger partial charge < -0.3 is 10.2 Å². The molecule has 0 aliphatic heterocycles. The van der Waals surface area contributed by atoms with Crippen molar-refractivity contribution in [2.24, 2.45) is 28.6 Å². The summed E-state index contributed by atoms with van der Waals surface area (Å²) in [7, 11) is 0. The van der Waals surface area contributed by atoms with Gasteiger partial charge in [-0.3, -0.25) is 0 Å². The van der Waals surface area contributed by atoms with Gasteiger partial charge in [-0.1, -0.05) is 27.7 Å². The Labute approximate surface area is 104 Å². The minimum atomic E-state index is -0.570. The third kappa shape index (κ3) is 1.10. The highest BCUT2D eigenvalue weighted by atomic mass is 16.3. The Kier molecular flexibility index (Phi) is 2.17. The first-order valence-corrected chi connectivity index (χ1v) is 7.14. The summed E-state index contributed by atoms with van der Waals surface area (Å²) >= 11 is 0. The van der Waals surface area contributed by atoms with Gasteiger partial charge in [0.2, 0.25) is 0 Å². The fourth-order valence-corrected chi connectivity index (χ4v) is 5.82. The van der Waals surface area contributed by atoms with E-state index in [2.05, 4.69) is 27.7 Å². The van der Waals surface area contributed by atoms with Crippen LogP contribution in [0, 0.1) is 28.6 Å². The van der Waals surface area contributed by atoms with Crippen LogP contribution < -0.4 is 0 Å². The van der Waals surface area contributed by atoms with Gasteiger partial charge in [0, 0.05) is 5.41 Å². The standard InChI is InChI=1S/C15H26O2/c1-9-5-6-15(17)13(2,3)11-7-10(9)14(15,4)8-12(11)16/h9-12,16-17H,5-8H2,1-4H3/t9-,10-,11-,12-,14-,15-/m0/s1.